The van der Waals surface area contributed by atoms with Gasteiger partial charge in [-0.05, 0) is 32.2 Å². The number of ether oxygens (including phenoxy) is 2. The highest BCUT2D eigenvalue weighted by Crippen LogP contribution is 2.08. The third kappa shape index (κ3) is 8.58. The third-order valence-electron chi connectivity index (χ3n) is 3.16. The van der Waals surface area contributed by atoms with Gasteiger partial charge in [-0.3, -0.25) is 0 Å². The molecule has 1 saturated heterocycles. The molecule has 1 heterocycles. The first-order valence-electron chi connectivity index (χ1n) is 7.32. The van der Waals surface area contributed by atoms with Crippen molar-refractivity contribution in [3.8, 4) is 0 Å². The van der Waals surface area contributed by atoms with Crippen molar-refractivity contribution >= 4 is 0 Å². The molecule has 0 amide bonds. The lowest BCUT2D eigenvalue weighted by atomic mass is 10.1. The van der Waals surface area contributed by atoms with Crippen molar-refractivity contribution in [3.05, 3.63) is 0 Å². The summed E-state index contributed by atoms with van der Waals surface area (Å²) in [5.74, 6) is 0. The molecular formula is C14H29NO2. The van der Waals surface area contributed by atoms with E-state index in [0.29, 0.717) is 6.04 Å². The van der Waals surface area contributed by atoms with Crippen LogP contribution in [0.25, 0.3) is 0 Å². The SMILES string of the molecule is CCCOCC1CCCCCCOCCCN1. The molecule has 0 aromatic carbocycles. The molecule has 3 heteroatoms. The van der Waals surface area contributed by atoms with Gasteiger partial charge in [-0.25, -0.2) is 0 Å². The van der Waals surface area contributed by atoms with E-state index in [4.69, 9.17) is 9.47 Å². The Bertz CT molecular complexity index is 152. The maximum absolute atomic E-state index is 5.65. The normalized spacial score (nSPS) is 24.9. The van der Waals surface area contributed by atoms with E-state index in [1.165, 1.54) is 32.1 Å². The van der Waals surface area contributed by atoms with Gasteiger partial charge in [0.15, 0.2) is 0 Å². The topological polar surface area (TPSA) is 30.5 Å². The van der Waals surface area contributed by atoms with Gasteiger partial charge in [-0.15, -0.1) is 0 Å². The standard InChI is InChI=1S/C14H29NO2/c1-2-10-17-13-14-8-5-3-4-6-11-16-12-7-9-15-14/h14-15H,2-13H2,1H3. The molecule has 0 saturated carbocycles. The second-order valence-electron chi connectivity index (χ2n) is 4.89. The van der Waals surface area contributed by atoms with Gasteiger partial charge in [0.2, 0.25) is 0 Å². The minimum Gasteiger partial charge on any atom is -0.381 e. The lowest BCUT2D eigenvalue weighted by Gasteiger charge is -2.19. The molecule has 1 fully saturated rings. The molecule has 0 aromatic rings. The lowest BCUT2D eigenvalue weighted by molar-refractivity contribution is 0.101. The average Bonchev–Trinajstić information content (AvgIpc) is 2.32. The molecule has 0 spiro atoms. The minimum absolute atomic E-state index is 0.543. The summed E-state index contributed by atoms with van der Waals surface area (Å²) < 4.78 is 11.2. The molecular weight excluding hydrogens is 214 g/mol. The van der Waals surface area contributed by atoms with Gasteiger partial charge >= 0.3 is 0 Å². The van der Waals surface area contributed by atoms with Gasteiger partial charge in [0.1, 0.15) is 0 Å². The summed E-state index contributed by atoms with van der Waals surface area (Å²) in [6.07, 6.45) is 8.66. The fourth-order valence-corrected chi connectivity index (χ4v) is 2.15. The van der Waals surface area contributed by atoms with Crippen LogP contribution in [-0.4, -0.2) is 39.0 Å². The van der Waals surface area contributed by atoms with Crippen LogP contribution in [0.4, 0.5) is 0 Å². The van der Waals surface area contributed by atoms with Crippen molar-refractivity contribution in [2.75, 3.05) is 33.0 Å². The summed E-state index contributed by atoms with van der Waals surface area (Å²) in [6, 6.07) is 0.543. The van der Waals surface area contributed by atoms with Crippen molar-refractivity contribution < 1.29 is 9.47 Å². The Balaban J connectivity index is 2.17. The lowest BCUT2D eigenvalue weighted by Crippen LogP contribution is -2.35. The van der Waals surface area contributed by atoms with Gasteiger partial charge in [0, 0.05) is 25.9 Å². The smallest absolute Gasteiger partial charge is 0.0619 e. The largest absolute Gasteiger partial charge is 0.381 e. The van der Waals surface area contributed by atoms with Crippen LogP contribution in [0.2, 0.25) is 0 Å². The minimum atomic E-state index is 0.543. The molecule has 0 aromatic heterocycles. The summed E-state index contributed by atoms with van der Waals surface area (Å²) in [5.41, 5.74) is 0. The Morgan fingerprint density at radius 1 is 1.12 bits per heavy atom. The summed E-state index contributed by atoms with van der Waals surface area (Å²) in [4.78, 5) is 0. The molecule has 17 heavy (non-hydrogen) atoms. The highest BCUT2D eigenvalue weighted by atomic mass is 16.5. The van der Waals surface area contributed by atoms with Crippen molar-refractivity contribution in [3.63, 3.8) is 0 Å². The van der Waals surface area contributed by atoms with Crippen molar-refractivity contribution in [2.24, 2.45) is 0 Å². The van der Waals surface area contributed by atoms with E-state index in [2.05, 4.69) is 12.2 Å². The van der Waals surface area contributed by atoms with Crippen molar-refractivity contribution in [1.29, 1.82) is 0 Å². The first-order chi connectivity index (χ1) is 8.43. The van der Waals surface area contributed by atoms with Crippen LogP contribution in [-0.2, 0) is 9.47 Å². The highest BCUT2D eigenvalue weighted by Gasteiger charge is 2.08. The first kappa shape index (κ1) is 14.9. The van der Waals surface area contributed by atoms with Crippen molar-refractivity contribution in [2.45, 2.75) is 57.9 Å². The van der Waals surface area contributed by atoms with E-state index in [1.54, 1.807) is 0 Å². The second-order valence-corrected chi connectivity index (χ2v) is 4.89. The number of hydrogen-bond acceptors (Lipinski definition) is 3. The monoisotopic (exact) mass is 243 g/mol. The zero-order chi connectivity index (χ0) is 12.2. The van der Waals surface area contributed by atoms with E-state index in [-0.39, 0.29) is 0 Å². The van der Waals surface area contributed by atoms with Gasteiger partial charge in [-0.1, -0.05) is 26.2 Å². The zero-order valence-electron chi connectivity index (χ0n) is 11.4. The van der Waals surface area contributed by atoms with Crippen LogP contribution in [0.15, 0.2) is 0 Å². The fourth-order valence-electron chi connectivity index (χ4n) is 2.15. The van der Waals surface area contributed by atoms with Crippen LogP contribution >= 0.6 is 0 Å². The van der Waals surface area contributed by atoms with Gasteiger partial charge in [0.05, 0.1) is 6.61 Å². The number of rotatable bonds is 4. The Morgan fingerprint density at radius 2 is 1.94 bits per heavy atom. The average molecular weight is 243 g/mol. The zero-order valence-corrected chi connectivity index (χ0v) is 11.4. The van der Waals surface area contributed by atoms with E-state index >= 15 is 0 Å². The molecule has 0 aliphatic carbocycles. The molecule has 0 bridgehead atoms. The van der Waals surface area contributed by atoms with Crippen LogP contribution < -0.4 is 5.32 Å². The molecule has 102 valence electrons. The highest BCUT2D eigenvalue weighted by molar-refractivity contribution is 4.67. The van der Waals surface area contributed by atoms with Crippen molar-refractivity contribution in [1.82, 2.24) is 5.32 Å². The van der Waals surface area contributed by atoms with E-state index in [9.17, 15) is 0 Å². The van der Waals surface area contributed by atoms with E-state index < -0.39 is 0 Å². The number of nitrogens with one attached hydrogen (secondary N) is 1. The second kappa shape index (κ2) is 11.0. The van der Waals surface area contributed by atoms with Crippen LogP contribution in [0.3, 0.4) is 0 Å². The molecule has 1 aliphatic rings. The summed E-state index contributed by atoms with van der Waals surface area (Å²) in [7, 11) is 0. The molecule has 3 nitrogen and oxygen atoms in total. The Kier molecular flexibility index (Phi) is 9.66. The predicted molar refractivity (Wildman–Crippen MR) is 71.4 cm³/mol. The fraction of sp³-hybridized carbons (Fsp3) is 1.00. The molecule has 1 rings (SSSR count). The summed E-state index contributed by atoms with van der Waals surface area (Å²) in [5, 5.41) is 3.59. The van der Waals surface area contributed by atoms with Gasteiger partial charge in [-0.2, -0.15) is 0 Å². The molecule has 1 N–H and O–H groups in total. The molecule has 1 aliphatic heterocycles. The number of hydrogen-bond donors (Lipinski definition) is 1. The van der Waals surface area contributed by atoms with Gasteiger partial charge in [0.25, 0.3) is 0 Å². The van der Waals surface area contributed by atoms with Gasteiger partial charge < -0.3 is 14.8 Å². The third-order valence-corrected chi connectivity index (χ3v) is 3.16. The first-order valence-corrected chi connectivity index (χ1v) is 7.32. The summed E-state index contributed by atoms with van der Waals surface area (Å²) >= 11 is 0. The maximum Gasteiger partial charge on any atom is 0.0619 e. The van der Waals surface area contributed by atoms with E-state index in [1.807, 2.05) is 0 Å². The van der Waals surface area contributed by atoms with E-state index in [0.717, 1.165) is 45.8 Å². The Hall–Kier alpha value is -0.120. The Labute approximate surface area is 106 Å². The Morgan fingerprint density at radius 3 is 2.82 bits per heavy atom. The predicted octanol–water partition coefficient (Wildman–Crippen LogP) is 2.74. The molecule has 0 radical (unpaired) electrons. The van der Waals surface area contributed by atoms with Crippen LogP contribution in [0.1, 0.15) is 51.9 Å². The maximum atomic E-state index is 5.65. The quantitative estimate of drug-likeness (QED) is 0.770. The van der Waals surface area contributed by atoms with Crippen LogP contribution in [0, 0.1) is 0 Å². The molecule has 1 unspecified atom stereocenters. The molecule has 1 atom stereocenters. The summed E-state index contributed by atoms with van der Waals surface area (Å²) in [6.45, 7) is 6.82. The van der Waals surface area contributed by atoms with Crippen LogP contribution in [0.5, 0.6) is 0 Å².